The minimum atomic E-state index is -1.17. The van der Waals surface area contributed by atoms with E-state index in [1.54, 1.807) is 12.1 Å². The molecule has 1 saturated carbocycles. The van der Waals surface area contributed by atoms with E-state index in [0.29, 0.717) is 5.69 Å². The number of nitrogens with zero attached hydrogens (tertiary/aromatic N) is 2. The first kappa shape index (κ1) is 15.3. The monoisotopic (exact) mass is 314 g/mol. The summed E-state index contributed by atoms with van der Waals surface area (Å²) < 4.78 is 7.10. The number of aromatic carboxylic acids is 1. The zero-order valence-electron chi connectivity index (χ0n) is 12.6. The van der Waals surface area contributed by atoms with Gasteiger partial charge in [0.2, 0.25) is 0 Å². The molecule has 0 unspecified atom stereocenters. The third-order valence-electron chi connectivity index (χ3n) is 3.98. The van der Waals surface area contributed by atoms with E-state index in [9.17, 15) is 9.59 Å². The van der Waals surface area contributed by atoms with Crippen LogP contribution in [0.1, 0.15) is 42.5 Å². The maximum Gasteiger partial charge on any atom is 0.337 e. The Kier molecular flexibility index (Phi) is 4.41. The van der Waals surface area contributed by atoms with E-state index >= 15 is 0 Å². The molecule has 23 heavy (non-hydrogen) atoms. The number of benzene rings is 1. The highest BCUT2D eigenvalue weighted by atomic mass is 16.5. The Morgan fingerprint density at radius 3 is 2.48 bits per heavy atom. The molecule has 1 aliphatic rings. The highest BCUT2D eigenvalue weighted by molar-refractivity contribution is 5.86. The number of carbonyl (C=O) groups is 1. The van der Waals surface area contributed by atoms with E-state index < -0.39 is 11.5 Å². The molecular formula is C17H18N2O4. The molecule has 120 valence electrons. The molecule has 0 atom stereocenters. The van der Waals surface area contributed by atoms with Crippen LogP contribution in [-0.2, 0) is 0 Å². The summed E-state index contributed by atoms with van der Waals surface area (Å²) in [5.74, 6) is -0.395. The first-order chi connectivity index (χ1) is 11.1. The maximum absolute atomic E-state index is 12.0. The Morgan fingerprint density at radius 1 is 1.17 bits per heavy atom. The van der Waals surface area contributed by atoms with E-state index in [0.717, 1.165) is 35.5 Å². The lowest BCUT2D eigenvalue weighted by molar-refractivity contribution is 0.0696. The van der Waals surface area contributed by atoms with Gasteiger partial charge in [0.05, 0.1) is 23.6 Å². The number of carboxylic acids is 1. The fraction of sp³-hybridized carbons (Fsp3) is 0.353. The molecular weight excluding hydrogens is 296 g/mol. The molecule has 0 saturated heterocycles. The van der Waals surface area contributed by atoms with Crippen LogP contribution in [0, 0.1) is 0 Å². The quantitative estimate of drug-likeness (QED) is 0.938. The molecule has 1 aromatic heterocycles. The van der Waals surface area contributed by atoms with Crippen LogP contribution in [0.2, 0.25) is 0 Å². The molecule has 0 amide bonds. The van der Waals surface area contributed by atoms with Gasteiger partial charge in [-0.3, -0.25) is 4.79 Å². The predicted molar refractivity (Wildman–Crippen MR) is 84.3 cm³/mol. The van der Waals surface area contributed by atoms with Gasteiger partial charge in [-0.15, -0.1) is 0 Å². The van der Waals surface area contributed by atoms with Gasteiger partial charge in [-0.1, -0.05) is 6.42 Å². The van der Waals surface area contributed by atoms with Crippen LogP contribution in [0.5, 0.6) is 5.75 Å². The van der Waals surface area contributed by atoms with Gasteiger partial charge in [-0.05, 0) is 49.9 Å². The van der Waals surface area contributed by atoms with Gasteiger partial charge in [0, 0.05) is 6.07 Å². The van der Waals surface area contributed by atoms with Crippen LogP contribution in [-0.4, -0.2) is 27.0 Å². The minimum absolute atomic E-state index is 0.122. The van der Waals surface area contributed by atoms with Crippen molar-refractivity contribution in [2.24, 2.45) is 0 Å². The Hall–Kier alpha value is -2.63. The molecule has 0 radical (unpaired) electrons. The summed E-state index contributed by atoms with van der Waals surface area (Å²) >= 11 is 0. The largest absolute Gasteiger partial charge is 0.490 e. The summed E-state index contributed by atoms with van der Waals surface area (Å²) in [4.78, 5) is 22.8. The Labute approximate surface area is 133 Å². The molecule has 2 aromatic rings. The van der Waals surface area contributed by atoms with E-state index in [2.05, 4.69) is 5.10 Å². The van der Waals surface area contributed by atoms with Crippen LogP contribution in [0.25, 0.3) is 5.69 Å². The van der Waals surface area contributed by atoms with Crippen LogP contribution in [0.15, 0.2) is 41.3 Å². The summed E-state index contributed by atoms with van der Waals surface area (Å²) in [7, 11) is 0. The van der Waals surface area contributed by atoms with Crippen molar-refractivity contribution in [2.75, 3.05) is 0 Å². The van der Waals surface area contributed by atoms with Gasteiger partial charge in [0.25, 0.3) is 5.56 Å². The Balaban J connectivity index is 1.76. The van der Waals surface area contributed by atoms with Crippen molar-refractivity contribution in [3.8, 4) is 11.4 Å². The lowest BCUT2D eigenvalue weighted by Crippen LogP contribution is -2.22. The first-order valence-electron chi connectivity index (χ1n) is 7.73. The maximum atomic E-state index is 12.0. The van der Waals surface area contributed by atoms with E-state index in [-0.39, 0.29) is 11.7 Å². The first-order valence-corrected chi connectivity index (χ1v) is 7.73. The van der Waals surface area contributed by atoms with Gasteiger partial charge < -0.3 is 9.84 Å². The molecule has 1 aliphatic carbocycles. The van der Waals surface area contributed by atoms with Crippen molar-refractivity contribution in [1.29, 1.82) is 0 Å². The molecule has 6 heteroatoms. The van der Waals surface area contributed by atoms with Crippen molar-refractivity contribution >= 4 is 5.97 Å². The van der Waals surface area contributed by atoms with E-state index in [1.807, 2.05) is 12.1 Å². The molecule has 0 spiro atoms. The normalized spacial score (nSPS) is 15.3. The second kappa shape index (κ2) is 6.64. The molecule has 6 nitrogen and oxygen atoms in total. The van der Waals surface area contributed by atoms with Crippen molar-refractivity contribution in [2.45, 2.75) is 38.2 Å². The SMILES string of the molecule is O=C(O)c1cnn(-c2ccc(OC3CCCCC3)cc2)c(=O)c1. The van der Waals surface area contributed by atoms with Crippen LogP contribution in [0.3, 0.4) is 0 Å². The predicted octanol–water partition coefficient (Wildman–Crippen LogP) is 2.64. The molecule has 3 rings (SSSR count). The topological polar surface area (TPSA) is 81.4 Å². The average molecular weight is 314 g/mol. The molecule has 1 N–H and O–H groups in total. The number of rotatable bonds is 4. The summed E-state index contributed by atoms with van der Waals surface area (Å²) in [5, 5.41) is 12.8. The number of aromatic nitrogens is 2. The Morgan fingerprint density at radius 2 is 1.87 bits per heavy atom. The van der Waals surface area contributed by atoms with Crippen molar-refractivity contribution in [3.63, 3.8) is 0 Å². The number of ether oxygens (including phenoxy) is 1. The second-order valence-electron chi connectivity index (χ2n) is 5.67. The zero-order valence-corrected chi connectivity index (χ0v) is 12.6. The molecule has 0 aliphatic heterocycles. The summed E-state index contributed by atoms with van der Waals surface area (Å²) in [6.07, 6.45) is 7.29. The number of carboxylic acid groups (broad SMARTS) is 1. The van der Waals surface area contributed by atoms with Gasteiger partial charge in [0.15, 0.2) is 0 Å². The van der Waals surface area contributed by atoms with Crippen LogP contribution < -0.4 is 10.3 Å². The van der Waals surface area contributed by atoms with Gasteiger partial charge in [0.1, 0.15) is 5.75 Å². The highest BCUT2D eigenvalue weighted by Gasteiger charge is 2.15. The minimum Gasteiger partial charge on any atom is -0.490 e. The third kappa shape index (κ3) is 3.59. The van der Waals surface area contributed by atoms with E-state index in [4.69, 9.17) is 9.84 Å². The fourth-order valence-electron chi connectivity index (χ4n) is 2.76. The van der Waals surface area contributed by atoms with Crippen LogP contribution in [0.4, 0.5) is 0 Å². The smallest absolute Gasteiger partial charge is 0.337 e. The number of hydrogen-bond acceptors (Lipinski definition) is 4. The standard InChI is InChI=1S/C17H18N2O4/c20-16-10-12(17(21)22)11-18-19(16)13-6-8-15(9-7-13)23-14-4-2-1-3-5-14/h6-11,14H,1-5H2,(H,21,22). The molecule has 1 fully saturated rings. The summed E-state index contributed by atoms with van der Waals surface area (Å²) in [6.45, 7) is 0. The Bertz CT molecular complexity index is 746. The highest BCUT2D eigenvalue weighted by Crippen LogP contribution is 2.23. The lowest BCUT2D eigenvalue weighted by Gasteiger charge is -2.23. The van der Waals surface area contributed by atoms with Gasteiger partial charge >= 0.3 is 5.97 Å². The fourth-order valence-corrected chi connectivity index (χ4v) is 2.76. The lowest BCUT2D eigenvalue weighted by atomic mass is 9.98. The molecule has 0 bridgehead atoms. The molecule has 1 heterocycles. The number of hydrogen-bond donors (Lipinski definition) is 1. The third-order valence-corrected chi connectivity index (χ3v) is 3.98. The average Bonchev–Trinajstić information content (AvgIpc) is 2.56. The van der Waals surface area contributed by atoms with Gasteiger partial charge in [-0.2, -0.15) is 9.78 Å². The van der Waals surface area contributed by atoms with Crippen LogP contribution >= 0.6 is 0 Å². The summed E-state index contributed by atoms with van der Waals surface area (Å²) in [5.41, 5.74) is -0.0303. The second-order valence-corrected chi connectivity index (χ2v) is 5.67. The van der Waals surface area contributed by atoms with Gasteiger partial charge in [-0.25, -0.2) is 4.79 Å². The van der Waals surface area contributed by atoms with Crippen molar-refractivity contribution < 1.29 is 14.6 Å². The van der Waals surface area contributed by atoms with Crippen molar-refractivity contribution in [1.82, 2.24) is 9.78 Å². The van der Waals surface area contributed by atoms with Crippen molar-refractivity contribution in [3.05, 3.63) is 52.4 Å². The molecule has 1 aromatic carbocycles. The van der Waals surface area contributed by atoms with E-state index in [1.165, 1.54) is 19.3 Å². The zero-order chi connectivity index (χ0) is 16.2. The summed E-state index contributed by atoms with van der Waals surface area (Å²) in [6, 6.07) is 8.16.